The minimum atomic E-state index is -3.00. The molecule has 9 heteroatoms. The fraction of sp³-hybridized carbons (Fsp3) is 0.333. The first-order chi connectivity index (χ1) is 8.36. The summed E-state index contributed by atoms with van der Waals surface area (Å²) in [6.45, 7) is 0. The summed E-state index contributed by atoms with van der Waals surface area (Å²) in [7, 11) is 1.15. The minimum Gasteiger partial charge on any atom is -0.469 e. The second-order valence-electron chi connectivity index (χ2n) is 3.15. The van der Waals surface area contributed by atoms with Crippen molar-refractivity contribution in [2.75, 3.05) is 7.11 Å². The second kappa shape index (κ2) is 5.98. The normalized spacial score (nSPS) is 10.5. The van der Waals surface area contributed by atoms with E-state index in [-0.39, 0.29) is 15.8 Å². The lowest BCUT2D eigenvalue weighted by atomic mass is 10.2. The predicted molar refractivity (Wildman–Crippen MR) is 64.3 cm³/mol. The zero-order valence-electron chi connectivity index (χ0n) is 9.02. The molecule has 0 N–H and O–H groups in total. The first kappa shape index (κ1) is 14.7. The van der Waals surface area contributed by atoms with Gasteiger partial charge >= 0.3 is 5.97 Å². The van der Waals surface area contributed by atoms with Crippen LogP contribution in [0.15, 0.2) is 6.07 Å². The summed E-state index contributed by atoms with van der Waals surface area (Å²) in [4.78, 5) is 24.5. The third-order valence-electron chi connectivity index (χ3n) is 2.01. The van der Waals surface area contributed by atoms with Crippen LogP contribution in [0.25, 0.3) is 0 Å². The molecule has 0 aliphatic carbocycles. The predicted octanol–water partition coefficient (Wildman–Crippen LogP) is 2.25. The average Bonchev–Trinajstić information content (AvgIpc) is 2.27. The van der Waals surface area contributed by atoms with Crippen molar-refractivity contribution in [2.24, 2.45) is 0 Å². The lowest BCUT2D eigenvalue weighted by molar-refractivity contribution is -0.386. The lowest BCUT2D eigenvalue weighted by Gasteiger charge is -2.06. The number of esters is 1. The Bertz CT molecular complexity index is 496. The second-order valence-corrected chi connectivity index (χ2v) is 4.17. The zero-order chi connectivity index (χ0) is 13.9. The van der Waals surface area contributed by atoms with E-state index in [4.69, 9.17) is 0 Å². The topological polar surface area (TPSA) is 82.3 Å². The van der Waals surface area contributed by atoms with Gasteiger partial charge in [0.25, 0.3) is 12.1 Å². The van der Waals surface area contributed by atoms with E-state index < -0.39 is 28.6 Å². The van der Waals surface area contributed by atoms with Crippen molar-refractivity contribution >= 4 is 34.2 Å². The molecule has 1 heterocycles. The van der Waals surface area contributed by atoms with Crippen LogP contribution in [-0.2, 0) is 16.0 Å². The smallest absolute Gasteiger partial charge is 0.311 e. The lowest BCUT2D eigenvalue weighted by Crippen LogP contribution is -2.09. The van der Waals surface area contributed by atoms with Crippen molar-refractivity contribution in [3.05, 3.63) is 31.1 Å². The van der Waals surface area contributed by atoms with Gasteiger partial charge in [0.1, 0.15) is 9.26 Å². The maximum atomic E-state index is 12.7. The maximum Gasteiger partial charge on any atom is 0.311 e. The highest BCUT2D eigenvalue weighted by atomic mass is 127. The summed E-state index contributed by atoms with van der Waals surface area (Å²) >= 11 is 1.47. The minimum absolute atomic E-state index is 0.0161. The molecule has 0 fully saturated rings. The van der Waals surface area contributed by atoms with Crippen molar-refractivity contribution in [3.8, 4) is 0 Å². The molecule has 0 spiro atoms. The van der Waals surface area contributed by atoms with Gasteiger partial charge < -0.3 is 4.74 Å². The Labute approximate surface area is 114 Å². The molecule has 0 saturated heterocycles. The number of halogens is 3. The van der Waals surface area contributed by atoms with Crippen molar-refractivity contribution in [1.29, 1.82) is 0 Å². The number of aromatic nitrogens is 1. The fourth-order valence-electron chi connectivity index (χ4n) is 1.22. The van der Waals surface area contributed by atoms with Crippen LogP contribution < -0.4 is 0 Å². The van der Waals surface area contributed by atoms with Crippen molar-refractivity contribution in [1.82, 2.24) is 4.98 Å². The third-order valence-corrected chi connectivity index (χ3v) is 2.83. The number of alkyl halides is 2. The summed E-state index contributed by atoms with van der Waals surface area (Å²) in [5, 5.41) is 10.7. The number of hydrogen-bond donors (Lipinski definition) is 0. The summed E-state index contributed by atoms with van der Waals surface area (Å²) in [6.07, 6.45) is -3.31. The molecule has 18 heavy (non-hydrogen) atoms. The van der Waals surface area contributed by atoms with Gasteiger partial charge in [0.05, 0.1) is 24.1 Å². The molecular formula is C9H7F2IN2O4. The third kappa shape index (κ3) is 3.31. The number of nitro groups is 1. The molecular weight excluding hydrogens is 365 g/mol. The molecule has 0 atom stereocenters. The van der Waals surface area contributed by atoms with Gasteiger partial charge in [-0.3, -0.25) is 14.9 Å². The number of pyridine rings is 1. The van der Waals surface area contributed by atoms with Crippen LogP contribution >= 0.6 is 22.6 Å². The van der Waals surface area contributed by atoms with Gasteiger partial charge in [-0.15, -0.1) is 0 Å². The molecule has 1 aromatic rings. The highest BCUT2D eigenvalue weighted by Crippen LogP contribution is 2.32. The maximum absolute atomic E-state index is 12.7. The molecule has 6 nitrogen and oxygen atoms in total. The van der Waals surface area contributed by atoms with Gasteiger partial charge in [-0.2, -0.15) is 0 Å². The van der Waals surface area contributed by atoms with Gasteiger partial charge in [-0.25, -0.2) is 13.8 Å². The summed E-state index contributed by atoms with van der Waals surface area (Å²) in [6, 6.07) is 0.862. The number of hydrogen-bond acceptors (Lipinski definition) is 5. The molecule has 0 radical (unpaired) electrons. The largest absolute Gasteiger partial charge is 0.469 e. The molecule has 1 rings (SSSR count). The molecule has 98 valence electrons. The van der Waals surface area contributed by atoms with E-state index in [1.807, 2.05) is 0 Å². The van der Waals surface area contributed by atoms with Crippen LogP contribution in [0.5, 0.6) is 0 Å². The van der Waals surface area contributed by atoms with E-state index in [9.17, 15) is 23.7 Å². The van der Waals surface area contributed by atoms with E-state index in [1.165, 1.54) is 22.6 Å². The highest BCUT2D eigenvalue weighted by molar-refractivity contribution is 14.1. The monoisotopic (exact) mass is 372 g/mol. The van der Waals surface area contributed by atoms with E-state index in [0.29, 0.717) is 0 Å². The Balaban J connectivity index is 3.28. The Morgan fingerprint density at radius 3 is 2.72 bits per heavy atom. The van der Waals surface area contributed by atoms with Crippen molar-refractivity contribution in [3.63, 3.8) is 0 Å². The van der Waals surface area contributed by atoms with Crippen LogP contribution in [0.3, 0.4) is 0 Å². The number of nitrogens with zero attached hydrogens (tertiary/aromatic N) is 2. The molecule has 0 aliphatic rings. The number of rotatable bonds is 4. The van der Waals surface area contributed by atoms with E-state index in [2.05, 4.69) is 9.72 Å². The van der Waals surface area contributed by atoms with Gasteiger partial charge in [0, 0.05) is 6.07 Å². The van der Waals surface area contributed by atoms with Crippen molar-refractivity contribution in [2.45, 2.75) is 12.8 Å². The van der Waals surface area contributed by atoms with Crippen LogP contribution in [-0.4, -0.2) is 23.0 Å². The highest BCUT2D eigenvalue weighted by Gasteiger charge is 2.27. The Kier molecular flexibility index (Phi) is 4.87. The van der Waals surface area contributed by atoms with Gasteiger partial charge in [0.2, 0.25) is 0 Å². The summed E-state index contributed by atoms with van der Waals surface area (Å²) < 4.78 is 29.5. The SMILES string of the molecule is COC(=O)Cc1cc([N+](=O)[O-])c(C(F)F)c(I)n1. The number of ether oxygens (including phenoxy) is 1. The quantitative estimate of drug-likeness (QED) is 0.266. The molecule has 0 unspecified atom stereocenters. The van der Waals surface area contributed by atoms with Gasteiger partial charge in [-0.1, -0.05) is 0 Å². The Hall–Kier alpha value is -1.39. The van der Waals surface area contributed by atoms with E-state index in [1.54, 1.807) is 0 Å². The Morgan fingerprint density at radius 1 is 1.67 bits per heavy atom. The van der Waals surface area contributed by atoms with Gasteiger partial charge in [0.15, 0.2) is 0 Å². The number of carbonyl (C=O) groups is 1. The molecule has 0 amide bonds. The van der Waals surface area contributed by atoms with Crippen LogP contribution in [0.2, 0.25) is 0 Å². The summed E-state index contributed by atoms with van der Waals surface area (Å²) in [5.41, 5.74) is -1.47. The molecule has 0 saturated carbocycles. The summed E-state index contributed by atoms with van der Waals surface area (Å²) in [5.74, 6) is -0.655. The molecule has 0 aliphatic heterocycles. The van der Waals surface area contributed by atoms with Crippen molar-refractivity contribution < 1.29 is 23.2 Å². The molecule has 0 aromatic carbocycles. The first-order valence-electron chi connectivity index (χ1n) is 4.55. The number of carbonyl (C=O) groups excluding carboxylic acids is 1. The number of methoxy groups -OCH3 is 1. The van der Waals surface area contributed by atoms with Gasteiger partial charge in [-0.05, 0) is 22.6 Å². The average molecular weight is 372 g/mol. The fourth-order valence-corrected chi connectivity index (χ4v) is 2.04. The van der Waals surface area contributed by atoms with Crippen LogP contribution in [0.4, 0.5) is 14.5 Å². The van der Waals surface area contributed by atoms with E-state index in [0.717, 1.165) is 13.2 Å². The molecule has 1 aromatic heterocycles. The Morgan fingerprint density at radius 2 is 2.28 bits per heavy atom. The van der Waals surface area contributed by atoms with Crippen LogP contribution in [0, 0.1) is 13.8 Å². The molecule has 0 bridgehead atoms. The van der Waals surface area contributed by atoms with E-state index >= 15 is 0 Å². The standard InChI is InChI=1S/C9H7F2IN2O4/c1-18-6(15)3-4-2-5(14(16)17)7(8(10)11)9(12)13-4/h2,8H,3H2,1H3. The first-order valence-corrected chi connectivity index (χ1v) is 5.63. The zero-order valence-corrected chi connectivity index (χ0v) is 11.2. The van der Waals surface area contributed by atoms with Crippen LogP contribution in [0.1, 0.15) is 17.7 Å².